The maximum Gasteiger partial charge on any atom is 0.237 e. The topological polar surface area (TPSA) is 65.4 Å². The van der Waals surface area contributed by atoms with Crippen molar-refractivity contribution in [2.75, 3.05) is 19.6 Å². The number of nitrogens with zero attached hydrogens (tertiary/aromatic N) is 2. The Balaban J connectivity index is 1.20. The second-order valence-corrected chi connectivity index (χ2v) is 9.15. The van der Waals surface area contributed by atoms with E-state index in [0.29, 0.717) is 24.2 Å². The Bertz CT molecular complexity index is 540. The van der Waals surface area contributed by atoms with E-state index in [1.54, 1.807) is 4.90 Å². The zero-order valence-electron chi connectivity index (χ0n) is 15.4. The van der Waals surface area contributed by atoms with Crippen LogP contribution < -0.4 is 5.32 Å². The highest BCUT2D eigenvalue weighted by atomic mass is 16.5. The van der Waals surface area contributed by atoms with Crippen molar-refractivity contribution in [2.24, 2.45) is 17.3 Å². The van der Waals surface area contributed by atoms with Crippen molar-refractivity contribution in [2.45, 2.75) is 76.5 Å². The predicted molar refractivity (Wildman–Crippen MR) is 94.7 cm³/mol. The number of carbonyl (C=O) groups excluding carboxylic acids is 1. The van der Waals surface area contributed by atoms with E-state index in [9.17, 15) is 4.79 Å². The number of nitriles is 1. The monoisotopic (exact) mass is 345 g/mol. The summed E-state index contributed by atoms with van der Waals surface area (Å²) in [5.74, 6) is 1.71. The largest absolute Gasteiger partial charge is 0.375 e. The number of carbonyl (C=O) groups is 1. The lowest BCUT2D eigenvalue weighted by atomic mass is 9.85. The molecular weight excluding hydrogens is 314 g/mol. The third kappa shape index (κ3) is 3.85. The molecule has 0 aromatic carbocycles. The molecule has 4 aliphatic rings. The van der Waals surface area contributed by atoms with E-state index in [0.717, 1.165) is 37.8 Å². The predicted octanol–water partition coefficient (Wildman–Crippen LogP) is 2.46. The van der Waals surface area contributed by atoms with Gasteiger partial charge in [0.1, 0.15) is 6.04 Å². The highest BCUT2D eigenvalue weighted by Gasteiger charge is 2.48. The minimum absolute atomic E-state index is 0.0868. The summed E-state index contributed by atoms with van der Waals surface area (Å²) in [5, 5.41) is 12.5. The highest BCUT2D eigenvalue weighted by Crippen LogP contribution is 2.53. The van der Waals surface area contributed by atoms with Crippen LogP contribution in [0.2, 0.25) is 0 Å². The van der Waals surface area contributed by atoms with E-state index >= 15 is 0 Å². The molecule has 4 fully saturated rings. The average molecular weight is 345 g/mol. The van der Waals surface area contributed by atoms with E-state index < -0.39 is 0 Å². The molecule has 1 aliphatic heterocycles. The van der Waals surface area contributed by atoms with E-state index in [4.69, 9.17) is 10.00 Å². The zero-order valence-corrected chi connectivity index (χ0v) is 15.4. The number of fused-ring (bicyclic) bond motifs is 1. The van der Waals surface area contributed by atoms with Crippen LogP contribution in [0.1, 0.15) is 58.3 Å². The molecule has 5 nitrogen and oxygen atoms in total. The van der Waals surface area contributed by atoms with Crippen LogP contribution in [-0.4, -0.2) is 48.7 Å². The Kier molecular flexibility index (Phi) is 4.77. The number of rotatable bonds is 6. The summed E-state index contributed by atoms with van der Waals surface area (Å²) < 4.78 is 6.12. The number of hydrogen-bond donors (Lipinski definition) is 1. The van der Waals surface area contributed by atoms with Gasteiger partial charge in [-0.1, -0.05) is 6.92 Å². The summed E-state index contributed by atoms with van der Waals surface area (Å²) in [7, 11) is 0. The zero-order chi connectivity index (χ0) is 17.4. The van der Waals surface area contributed by atoms with Crippen LogP contribution in [0.5, 0.6) is 0 Å². The fraction of sp³-hybridized carbons (Fsp3) is 0.900. The molecule has 5 heteroatoms. The molecular formula is C20H31N3O2. The van der Waals surface area contributed by atoms with Gasteiger partial charge >= 0.3 is 0 Å². The Morgan fingerprint density at radius 2 is 1.96 bits per heavy atom. The first-order chi connectivity index (χ1) is 12.1. The van der Waals surface area contributed by atoms with Gasteiger partial charge in [0, 0.05) is 13.1 Å². The lowest BCUT2D eigenvalue weighted by molar-refractivity contribution is -0.130. The Labute approximate surface area is 151 Å². The van der Waals surface area contributed by atoms with Gasteiger partial charge in [-0.2, -0.15) is 5.26 Å². The van der Waals surface area contributed by atoms with Crippen molar-refractivity contribution in [1.82, 2.24) is 10.2 Å². The molecule has 3 saturated carbocycles. The number of amides is 1. The molecule has 0 aromatic heterocycles. The van der Waals surface area contributed by atoms with Crippen molar-refractivity contribution in [3.8, 4) is 6.07 Å². The van der Waals surface area contributed by atoms with Crippen LogP contribution >= 0.6 is 0 Å². The maximum atomic E-state index is 12.3. The summed E-state index contributed by atoms with van der Waals surface area (Å²) in [6.07, 6.45) is 10.4. The summed E-state index contributed by atoms with van der Waals surface area (Å²) in [6, 6.07) is 2.04. The van der Waals surface area contributed by atoms with Crippen LogP contribution in [0.4, 0.5) is 0 Å². The molecule has 3 aliphatic carbocycles. The van der Waals surface area contributed by atoms with Gasteiger partial charge in [0.15, 0.2) is 0 Å². The molecule has 0 bridgehead atoms. The molecule has 1 heterocycles. The van der Waals surface area contributed by atoms with Crippen LogP contribution in [0.15, 0.2) is 0 Å². The number of ether oxygens (including phenoxy) is 1. The standard InChI is InChI=1S/C20H31N3O2/c1-20(13-22-12-19(24)23-6-2-3-16(23)11-21)9-14-7-18(8-15(14)10-20)25-17-4-5-17/h14-18,22H,2-10,12-13H2,1H3. The van der Waals surface area contributed by atoms with E-state index in [-0.39, 0.29) is 11.9 Å². The number of nitrogens with one attached hydrogen (secondary N) is 1. The molecule has 1 amide bonds. The van der Waals surface area contributed by atoms with Crippen LogP contribution in [0, 0.1) is 28.6 Å². The van der Waals surface area contributed by atoms with Crippen LogP contribution in [0.25, 0.3) is 0 Å². The summed E-state index contributed by atoms with van der Waals surface area (Å²) in [4.78, 5) is 14.1. The smallest absolute Gasteiger partial charge is 0.237 e. The van der Waals surface area contributed by atoms with Crippen LogP contribution in [-0.2, 0) is 9.53 Å². The van der Waals surface area contributed by atoms with E-state index in [1.807, 2.05) is 0 Å². The summed E-state index contributed by atoms with van der Waals surface area (Å²) in [5.41, 5.74) is 0.305. The second kappa shape index (κ2) is 6.89. The third-order valence-electron chi connectivity index (χ3n) is 6.77. The summed E-state index contributed by atoms with van der Waals surface area (Å²) in [6.45, 7) is 4.39. The fourth-order valence-electron chi connectivity index (χ4n) is 5.51. The van der Waals surface area contributed by atoms with Gasteiger partial charge in [-0.05, 0) is 68.6 Å². The molecule has 3 atom stereocenters. The minimum atomic E-state index is -0.209. The van der Waals surface area contributed by atoms with Gasteiger partial charge in [-0.3, -0.25) is 4.79 Å². The van der Waals surface area contributed by atoms with Gasteiger partial charge in [-0.25, -0.2) is 0 Å². The molecule has 1 N–H and O–H groups in total. The summed E-state index contributed by atoms with van der Waals surface area (Å²) >= 11 is 0. The Morgan fingerprint density at radius 3 is 2.60 bits per heavy atom. The molecule has 25 heavy (non-hydrogen) atoms. The number of hydrogen-bond acceptors (Lipinski definition) is 4. The van der Waals surface area contributed by atoms with Crippen molar-refractivity contribution < 1.29 is 9.53 Å². The van der Waals surface area contributed by atoms with E-state index in [2.05, 4.69) is 18.3 Å². The normalized spacial score (nSPS) is 40.2. The molecule has 138 valence electrons. The Morgan fingerprint density at radius 1 is 1.24 bits per heavy atom. The molecule has 0 radical (unpaired) electrons. The molecule has 0 aromatic rings. The van der Waals surface area contributed by atoms with Crippen molar-refractivity contribution in [1.29, 1.82) is 5.26 Å². The van der Waals surface area contributed by atoms with Crippen molar-refractivity contribution in [3.63, 3.8) is 0 Å². The average Bonchev–Trinajstić information content (AvgIpc) is 3.00. The van der Waals surface area contributed by atoms with Gasteiger partial charge in [-0.15, -0.1) is 0 Å². The van der Waals surface area contributed by atoms with Gasteiger partial charge in [0.05, 0.1) is 24.8 Å². The van der Waals surface area contributed by atoms with E-state index in [1.165, 1.54) is 38.5 Å². The van der Waals surface area contributed by atoms with Crippen molar-refractivity contribution in [3.05, 3.63) is 0 Å². The Hall–Kier alpha value is -1.12. The maximum absolute atomic E-state index is 12.3. The lowest BCUT2D eigenvalue weighted by Crippen LogP contribution is -2.42. The minimum Gasteiger partial charge on any atom is -0.375 e. The quantitative estimate of drug-likeness (QED) is 0.803. The van der Waals surface area contributed by atoms with Gasteiger partial charge < -0.3 is 15.0 Å². The molecule has 3 unspecified atom stereocenters. The highest BCUT2D eigenvalue weighted by molar-refractivity contribution is 5.79. The molecule has 4 rings (SSSR count). The van der Waals surface area contributed by atoms with Gasteiger partial charge in [0.25, 0.3) is 0 Å². The SMILES string of the molecule is CC1(CNCC(=O)N2CCCC2C#N)CC2CC(OC3CC3)CC2C1. The lowest BCUT2D eigenvalue weighted by Gasteiger charge is -2.27. The fourth-order valence-corrected chi connectivity index (χ4v) is 5.51. The van der Waals surface area contributed by atoms with Crippen molar-refractivity contribution >= 4 is 5.91 Å². The first-order valence-electron chi connectivity index (χ1n) is 10.1. The number of likely N-dealkylation sites (tertiary alicyclic amines) is 1. The third-order valence-corrected chi connectivity index (χ3v) is 6.77. The second-order valence-electron chi connectivity index (χ2n) is 9.15. The first-order valence-corrected chi connectivity index (χ1v) is 10.1. The molecule has 0 spiro atoms. The van der Waals surface area contributed by atoms with Gasteiger partial charge in [0.2, 0.25) is 5.91 Å². The first kappa shape index (κ1) is 17.3. The molecule has 1 saturated heterocycles. The van der Waals surface area contributed by atoms with Crippen LogP contribution in [0.3, 0.4) is 0 Å².